The minimum absolute atomic E-state index is 0.110. The molecule has 1 fully saturated rings. The first-order valence-electron chi connectivity index (χ1n) is 7.04. The fourth-order valence-electron chi connectivity index (χ4n) is 2.95. The Bertz CT molecular complexity index is 481. The molecule has 1 aromatic carbocycles. The maximum absolute atomic E-state index is 12.4. The summed E-state index contributed by atoms with van der Waals surface area (Å²) < 4.78 is 5.65. The van der Waals surface area contributed by atoms with Crippen molar-refractivity contribution in [2.45, 2.75) is 38.2 Å². The number of benzene rings is 1. The molecular formula is C15H20N2O2. The van der Waals surface area contributed by atoms with Gasteiger partial charge < -0.3 is 15.4 Å². The number of anilines is 2. The van der Waals surface area contributed by atoms with Gasteiger partial charge in [0, 0.05) is 24.5 Å². The molecule has 4 nitrogen and oxygen atoms in total. The van der Waals surface area contributed by atoms with Gasteiger partial charge in [-0.2, -0.15) is 0 Å². The molecule has 2 heterocycles. The summed E-state index contributed by atoms with van der Waals surface area (Å²) >= 11 is 0. The van der Waals surface area contributed by atoms with Crippen LogP contribution < -0.4 is 10.6 Å². The van der Waals surface area contributed by atoms with Crippen molar-refractivity contribution < 1.29 is 9.53 Å². The van der Waals surface area contributed by atoms with Crippen molar-refractivity contribution in [3.05, 3.63) is 23.8 Å². The molecule has 0 saturated carbocycles. The van der Waals surface area contributed by atoms with Gasteiger partial charge in [0.2, 0.25) is 5.91 Å². The highest BCUT2D eigenvalue weighted by molar-refractivity contribution is 5.96. The maximum atomic E-state index is 12.4. The second-order valence-corrected chi connectivity index (χ2v) is 5.38. The molecule has 0 spiro atoms. The molecule has 2 aliphatic heterocycles. The zero-order valence-corrected chi connectivity index (χ0v) is 11.1. The number of amides is 1. The maximum Gasteiger partial charge on any atom is 0.229 e. The monoisotopic (exact) mass is 260 g/mol. The van der Waals surface area contributed by atoms with Gasteiger partial charge in [0.1, 0.15) is 0 Å². The van der Waals surface area contributed by atoms with Gasteiger partial charge in [-0.15, -0.1) is 0 Å². The van der Waals surface area contributed by atoms with Crippen LogP contribution in [-0.2, 0) is 16.0 Å². The van der Waals surface area contributed by atoms with E-state index < -0.39 is 0 Å². The summed E-state index contributed by atoms with van der Waals surface area (Å²) in [5, 5.41) is 0. The summed E-state index contributed by atoms with van der Waals surface area (Å²) in [5.74, 6) is 0.176. The third-order valence-corrected chi connectivity index (χ3v) is 3.98. The van der Waals surface area contributed by atoms with Crippen molar-refractivity contribution in [1.82, 2.24) is 0 Å². The van der Waals surface area contributed by atoms with Gasteiger partial charge in [-0.05, 0) is 49.4 Å². The lowest BCUT2D eigenvalue weighted by atomic mass is 10.1. The Hall–Kier alpha value is -1.55. The predicted octanol–water partition coefficient (Wildman–Crippen LogP) is 2.12. The smallest absolute Gasteiger partial charge is 0.229 e. The number of nitrogens with two attached hydrogens (primary N) is 1. The molecular weight excluding hydrogens is 240 g/mol. The average Bonchev–Trinajstić information content (AvgIpc) is 2.82. The quantitative estimate of drug-likeness (QED) is 0.829. The fourth-order valence-corrected chi connectivity index (χ4v) is 2.95. The Morgan fingerprint density at radius 3 is 3.11 bits per heavy atom. The Kier molecular flexibility index (Phi) is 3.42. The van der Waals surface area contributed by atoms with E-state index in [0.717, 1.165) is 43.8 Å². The van der Waals surface area contributed by atoms with E-state index in [2.05, 4.69) is 0 Å². The molecule has 1 unspecified atom stereocenters. The van der Waals surface area contributed by atoms with E-state index in [9.17, 15) is 4.79 Å². The molecule has 0 aliphatic carbocycles. The van der Waals surface area contributed by atoms with Gasteiger partial charge in [0.05, 0.1) is 12.5 Å². The Labute approximate surface area is 113 Å². The van der Waals surface area contributed by atoms with E-state index in [4.69, 9.17) is 10.5 Å². The van der Waals surface area contributed by atoms with E-state index in [-0.39, 0.29) is 12.0 Å². The first-order chi connectivity index (χ1) is 9.24. The van der Waals surface area contributed by atoms with Crippen molar-refractivity contribution >= 4 is 17.3 Å². The third kappa shape index (κ3) is 2.59. The number of rotatable bonds is 2. The van der Waals surface area contributed by atoms with E-state index in [1.807, 2.05) is 23.1 Å². The Morgan fingerprint density at radius 1 is 1.42 bits per heavy atom. The minimum Gasteiger partial charge on any atom is -0.399 e. The summed E-state index contributed by atoms with van der Waals surface area (Å²) in [6.45, 7) is 1.56. The van der Waals surface area contributed by atoms with Crippen molar-refractivity contribution in [3.63, 3.8) is 0 Å². The second-order valence-electron chi connectivity index (χ2n) is 5.38. The highest BCUT2D eigenvalue weighted by Crippen LogP contribution is 2.30. The van der Waals surface area contributed by atoms with Crippen LogP contribution in [0.5, 0.6) is 0 Å². The largest absolute Gasteiger partial charge is 0.399 e. The van der Waals surface area contributed by atoms with Crippen LogP contribution >= 0.6 is 0 Å². The highest BCUT2D eigenvalue weighted by Gasteiger charge is 2.27. The normalized spacial score (nSPS) is 22.3. The molecule has 1 aromatic rings. The predicted molar refractivity (Wildman–Crippen MR) is 75.1 cm³/mol. The lowest BCUT2D eigenvalue weighted by Crippen LogP contribution is -2.33. The Balaban J connectivity index is 1.69. The molecule has 19 heavy (non-hydrogen) atoms. The van der Waals surface area contributed by atoms with E-state index in [1.54, 1.807) is 0 Å². The molecule has 2 aliphatic rings. The molecule has 0 bridgehead atoms. The van der Waals surface area contributed by atoms with Crippen LogP contribution in [0.3, 0.4) is 0 Å². The minimum atomic E-state index is 0.110. The average molecular weight is 260 g/mol. The van der Waals surface area contributed by atoms with Crippen LogP contribution in [-0.4, -0.2) is 25.2 Å². The topological polar surface area (TPSA) is 55.6 Å². The summed E-state index contributed by atoms with van der Waals surface area (Å²) in [6, 6.07) is 5.79. The first kappa shape index (κ1) is 12.5. The molecule has 4 heteroatoms. The van der Waals surface area contributed by atoms with Gasteiger partial charge in [-0.25, -0.2) is 0 Å². The van der Waals surface area contributed by atoms with Crippen LogP contribution in [0.2, 0.25) is 0 Å². The highest BCUT2D eigenvalue weighted by atomic mass is 16.5. The van der Waals surface area contributed by atoms with Crippen molar-refractivity contribution in [3.8, 4) is 0 Å². The van der Waals surface area contributed by atoms with Crippen LogP contribution in [0.15, 0.2) is 18.2 Å². The molecule has 1 atom stereocenters. The SMILES string of the molecule is Nc1ccc2c(c1)CCN2C(=O)CC1CCCCO1. The van der Waals surface area contributed by atoms with E-state index in [1.165, 1.54) is 12.0 Å². The van der Waals surface area contributed by atoms with Gasteiger partial charge in [0.25, 0.3) is 0 Å². The molecule has 0 aromatic heterocycles. The molecule has 102 valence electrons. The zero-order valence-electron chi connectivity index (χ0n) is 11.1. The lowest BCUT2D eigenvalue weighted by molar-refractivity contribution is -0.122. The van der Waals surface area contributed by atoms with Crippen molar-refractivity contribution in [1.29, 1.82) is 0 Å². The van der Waals surface area contributed by atoms with E-state index in [0.29, 0.717) is 6.42 Å². The van der Waals surface area contributed by atoms with Crippen LogP contribution in [0, 0.1) is 0 Å². The number of carbonyl (C=O) groups is 1. The lowest BCUT2D eigenvalue weighted by Gasteiger charge is -2.25. The number of ether oxygens (including phenoxy) is 1. The van der Waals surface area contributed by atoms with Gasteiger partial charge >= 0.3 is 0 Å². The van der Waals surface area contributed by atoms with Crippen LogP contribution in [0.25, 0.3) is 0 Å². The number of fused-ring (bicyclic) bond motifs is 1. The van der Waals surface area contributed by atoms with Crippen LogP contribution in [0.1, 0.15) is 31.2 Å². The number of nitrogen functional groups attached to an aromatic ring is 1. The summed E-state index contributed by atoms with van der Waals surface area (Å²) in [4.78, 5) is 14.3. The van der Waals surface area contributed by atoms with Gasteiger partial charge in [-0.1, -0.05) is 0 Å². The summed E-state index contributed by atoms with van der Waals surface area (Å²) in [5.41, 5.74) is 8.75. The standard InChI is InChI=1S/C15H20N2O2/c16-12-4-5-14-11(9-12)6-7-17(14)15(18)10-13-3-1-2-8-19-13/h4-5,9,13H,1-3,6-8,10,16H2. The van der Waals surface area contributed by atoms with Gasteiger partial charge in [-0.3, -0.25) is 4.79 Å². The second kappa shape index (κ2) is 5.21. The molecule has 1 amide bonds. The molecule has 1 saturated heterocycles. The molecule has 3 rings (SSSR count). The molecule has 2 N–H and O–H groups in total. The van der Waals surface area contributed by atoms with Gasteiger partial charge in [0.15, 0.2) is 0 Å². The third-order valence-electron chi connectivity index (χ3n) is 3.98. The number of nitrogens with zero attached hydrogens (tertiary/aromatic N) is 1. The van der Waals surface area contributed by atoms with E-state index >= 15 is 0 Å². The Morgan fingerprint density at radius 2 is 2.32 bits per heavy atom. The first-order valence-corrected chi connectivity index (χ1v) is 7.04. The number of hydrogen-bond acceptors (Lipinski definition) is 3. The zero-order chi connectivity index (χ0) is 13.2. The summed E-state index contributed by atoms with van der Waals surface area (Å²) in [6.07, 6.45) is 4.82. The summed E-state index contributed by atoms with van der Waals surface area (Å²) in [7, 11) is 0. The van der Waals surface area contributed by atoms with Crippen molar-refractivity contribution in [2.75, 3.05) is 23.8 Å². The number of hydrogen-bond donors (Lipinski definition) is 1. The van der Waals surface area contributed by atoms with Crippen molar-refractivity contribution in [2.24, 2.45) is 0 Å². The molecule has 0 radical (unpaired) electrons. The number of carbonyl (C=O) groups excluding carboxylic acids is 1. The fraction of sp³-hybridized carbons (Fsp3) is 0.533. The van der Waals surface area contributed by atoms with Crippen LogP contribution in [0.4, 0.5) is 11.4 Å².